The summed E-state index contributed by atoms with van der Waals surface area (Å²) in [5, 5.41) is 42.0. The topological polar surface area (TPSA) is 224 Å². The minimum atomic E-state index is -1.75. The first-order valence-electron chi connectivity index (χ1n) is 1.68. The molecular weight excluding hydrogens is 209 g/mol. The van der Waals surface area contributed by atoms with Crippen molar-refractivity contribution in [3.8, 4) is 0 Å². The van der Waals surface area contributed by atoms with E-state index in [2.05, 4.69) is 0 Å². The van der Waals surface area contributed by atoms with Crippen LogP contribution in [0.2, 0.25) is 0 Å². The van der Waals surface area contributed by atoms with E-state index in [9.17, 15) is 0 Å². The van der Waals surface area contributed by atoms with Crippen LogP contribution in [0.25, 0.3) is 0 Å². The summed E-state index contributed by atoms with van der Waals surface area (Å²) in [4.78, 5) is 25.0. The third-order valence-corrected chi connectivity index (χ3v) is 0. The summed E-state index contributed by atoms with van der Waals surface area (Å²) in [7, 11) is 0. The van der Waals surface area contributed by atoms with Gasteiger partial charge in [-0.15, -0.1) is 20.2 Å². The Morgan fingerprint density at radius 3 is 0.786 bits per heavy atom. The van der Waals surface area contributed by atoms with Gasteiger partial charge in [-0.25, -0.2) is 0 Å². The number of hydrogen-bond acceptors (Lipinski definition) is 7. The van der Waals surface area contributed by atoms with Crippen molar-refractivity contribution in [2.75, 3.05) is 0 Å². The molecule has 0 aliphatic heterocycles. The summed E-state index contributed by atoms with van der Waals surface area (Å²) >= 11 is 0. The van der Waals surface area contributed by atoms with Gasteiger partial charge in [-0.2, -0.15) is 0 Å². The third kappa shape index (κ3) is 251. The molecular formula is H4LiN3O10. The fraction of sp³-hybridized carbons (Fsp3) is 0. The molecule has 0 aliphatic rings. The zero-order chi connectivity index (χ0) is 10.7. The molecule has 14 heavy (non-hydrogen) atoms. The molecule has 0 radical (unpaired) electrons. The second-order valence-electron chi connectivity index (χ2n) is 0.699. The van der Waals surface area contributed by atoms with Crippen molar-refractivity contribution in [1.29, 1.82) is 0 Å². The molecule has 0 aliphatic carbocycles. The Bertz CT molecular complexity index is 113. The van der Waals surface area contributed by atoms with Crippen LogP contribution in [0.15, 0.2) is 0 Å². The molecule has 13 nitrogen and oxygen atoms in total. The van der Waals surface area contributed by atoms with Crippen molar-refractivity contribution < 1.29 is 50.0 Å². The van der Waals surface area contributed by atoms with Gasteiger partial charge in [0.2, 0.25) is 0 Å². The molecule has 0 saturated heterocycles. The Balaban J connectivity index is -0.0000000270. The van der Waals surface area contributed by atoms with Crippen LogP contribution < -0.4 is 18.9 Å². The molecule has 0 fully saturated rings. The van der Waals surface area contributed by atoms with Gasteiger partial charge < -0.3 is 31.2 Å². The quantitative estimate of drug-likeness (QED) is 0.223. The molecule has 14 heteroatoms. The van der Waals surface area contributed by atoms with Crippen LogP contribution in [0.1, 0.15) is 0 Å². The van der Waals surface area contributed by atoms with Gasteiger partial charge in [-0.3, -0.25) is 0 Å². The van der Waals surface area contributed by atoms with Crippen molar-refractivity contribution in [2.24, 2.45) is 0 Å². The van der Waals surface area contributed by atoms with Gasteiger partial charge in [0.15, 0.2) is 0 Å². The van der Waals surface area contributed by atoms with Crippen LogP contribution in [-0.4, -0.2) is 31.2 Å². The fourth-order valence-electron chi connectivity index (χ4n) is 0. The fourth-order valence-corrected chi connectivity index (χ4v) is 0. The van der Waals surface area contributed by atoms with Crippen LogP contribution in [0.5, 0.6) is 0 Å². The molecule has 0 aromatic heterocycles. The van der Waals surface area contributed by atoms with Gasteiger partial charge in [0.05, 0.1) is 5.09 Å². The molecule has 0 aromatic carbocycles. The maximum atomic E-state index is 8.36. The van der Waals surface area contributed by atoms with E-state index in [1.165, 1.54) is 0 Å². The van der Waals surface area contributed by atoms with Crippen molar-refractivity contribution in [1.82, 2.24) is 0 Å². The van der Waals surface area contributed by atoms with Gasteiger partial charge in [-0.05, 0) is 0 Å². The Morgan fingerprint density at radius 1 is 0.786 bits per heavy atom. The molecule has 0 rings (SSSR count). The van der Waals surface area contributed by atoms with Crippen LogP contribution in [-0.2, 0) is 0 Å². The van der Waals surface area contributed by atoms with Crippen LogP contribution in [0.3, 0.4) is 0 Å². The third-order valence-electron chi connectivity index (χ3n) is 0. The Kier molecular flexibility index (Phi) is 47.4. The average molecular weight is 213 g/mol. The summed E-state index contributed by atoms with van der Waals surface area (Å²) in [5.74, 6) is 0. The molecule has 0 aromatic rings. The Hall–Kier alpha value is -1.84. The normalized spacial score (nSPS) is 5.14. The van der Waals surface area contributed by atoms with Gasteiger partial charge >= 0.3 is 18.9 Å². The van der Waals surface area contributed by atoms with Crippen LogP contribution in [0, 0.1) is 35.6 Å². The van der Waals surface area contributed by atoms with Gasteiger partial charge in [0.1, 0.15) is 0 Å². The second-order valence-corrected chi connectivity index (χ2v) is 0.699. The van der Waals surface area contributed by atoms with E-state index in [1.54, 1.807) is 0 Å². The minimum absolute atomic E-state index is 0. The van der Waals surface area contributed by atoms with Crippen molar-refractivity contribution in [2.45, 2.75) is 0 Å². The molecule has 0 saturated carbocycles. The summed E-state index contributed by atoms with van der Waals surface area (Å²) < 4.78 is 0. The maximum Gasteiger partial charge on any atom is 1.00 e. The molecule has 0 heterocycles. The molecule has 4 N–H and O–H groups in total. The van der Waals surface area contributed by atoms with Gasteiger partial charge in [-0.1, -0.05) is 0 Å². The van der Waals surface area contributed by atoms with E-state index < -0.39 is 15.3 Å². The first-order valence-corrected chi connectivity index (χ1v) is 1.68. The molecule has 0 spiro atoms. The first kappa shape index (κ1) is 29.5. The van der Waals surface area contributed by atoms with E-state index in [0.29, 0.717) is 0 Å². The smallest absolute Gasteiger partial charge is 0.412 e. The summed E-state index contributed by atoms with van der Waals surface area (Å²) in [6, 6.07) is 0. The summed E-state index contributed by atoms with van der Waals surface area (Å²) in [5.41, 5.74) is 0. The Morgan fingerprint density at radius 2 is 0.786 bits per heavy atom. The zero-order valence-electron chi connectivity index (χ0n) is 6.59. The molecule has 0 amide bonds. The largest absolute Gasteiger partial charge is 1.00 e. The molecule has 0 atom stereocenters. The predicted octanol–water partition coefficient (Wildman–Crippen LogP) is -4.76. The minimum Gasteiger partial charge on any atom is -0.412 e. The average Bonchev–Trinajstić information content (AvgIpc) is 1.54. The monoisotopic (exact) mass is 213 g/mol. The number of hydrogen-bond donors (Lipinski definition) is 2. The van der Waals surface area contributed by atoms with Crippen molar-refractivity contribution in [3.05, 3.63) is 35.6 Å². The first-order chi connectivity index (χ1) is 5.20. The van der Waals surface area contributed by atoms with E-state index in [0.717, 1.165) is 0 Å². The van der Waals surface area contributed by atoms with Gasteiger partial charge in [0, 0.05) is 0 Å². The summed E-state index contributed by atoms with van der Waals surface area (Å²) in [6.45, 7) is 0. The van der Waals surface area contributed by atoms with E-state index in [4.69, 9.17) is 46.0 Å². The van der Waals surface area contributed by atoms with E-state index in [-0.39, 0.29) is 24.3 Å². The number of nitrogens with zero attached hydrogens (tertiary/aromatic N) is 3. The molecule has 80 valence electrons. The second kappa shape index (κ2) is 22.5. The molecule has 0 bridgehead atoms. The molecule has 0 unspecified atom stereocenters. The van der Waals surface area contributed by atoms with Crippen molar-refractivity contribution in [3.63, 3.8) is 0 Å². The number of rotatable bonds is 0. The van der Waals surface area contributed by atoms with Crippen LogP contribution in [0.4, 0.5) is 0 Å². The van der Waals surface area contributed by atoms with E-state index >= 15 is 0 Å². The summed E-state index contributed by atoms with van der Waals surface area (Å²) in [6.07, 6.45) is 0. The zero-order valence-corrected chi connectivity index (χ0v) is 6.59. The maximum absolute atomic E-state index is 8.36. The Labute approximate surface area is 86.4 Å². The SMILES string of the molecule is O.O=[N+]([O-])O.O=[N+]([O-])O.O=[N+]([O-])[O-].[Li+]. The van der Waals surface area contributed by atoms with Gasteiger partial charge in [0.25, 0.3) is 10.2 Å². The standard InChI is InChI=1S/Li.2HNO3.NO3.H2O/c;3*2-1(3)4;/h;2*(H,2,3,4);;1H2/q+1;;;-1;. The van der Waals surface area contributed by atoms with E-state index in [1.807, 2.05) is 0 Å². The van der Waals surface area contributed by atoms with Crippen LogP contribution >= 0.6 is 0 Å². The predicted molar refractivity (Wildman–Crippen MR) is 31.5 cm³/mol. The van der Waals surface area contributed by atoms with Crippen molar-refractivity contribution >= 4 is 0 Å².